The maximum atomic E-state index is 10.2. The predicted octanol–water partition coefficient (Wildman–Crippen LogP) is 1.01. The van der Waals surface area contributed by atoms with Gasteiger partial charge in [0.15, 0.2) is 0 Å². The maximum Gasteiger partial charge on any atom is 0.315 e. The van der Waals surface area contributed by atoms with Gasteiger partial charge in [0, 0.05) is 5.56 Å². The quantitative estimate of drug-likeness (QED) is 0.684. The number of aliphatic carboxylic acids is 1. The van der Waals surface area contributed by atoms with Crippen LogP contribution < -0.4 is 0 Å². The minimum Gasteiger partial charge on any atom is -0.481 e. The van der Waals surface area contributed by atoms with E-state index in [9.17, 15) is 4.79 Å². The normalized spacial score (nSPS) is 8.93. The Morgan fingerprint density at radius 1 is 1.43 bits per heavy atom. The summed E-state index contributed by atoms with van der Waals surface area (Å²) >= 11 is 0. The van der Waals surface area contributed by atoms with Crippen molar-refractivity contribution in [3.63, 3.8) is 0 Å². The molecule has 0 aliphatic carbocycles. The summed E-state index contributed by atoms with van der Waals surface area (Å²) in [6.07, 6.45) is -0.163. The summed E-state index contributed by atoms with van der Waals surface area (Å²) in [5.74, 6) is 4.30. The number of aliphatic hydroxyl groups excluding tert-OH is 1. The zero-order valence-corrected chi connectivity index (χ0v) is 7.53. The molecular formula is C11H10O3. The van der Waals surface area contributed by atoms with Crippen molar-refractivity contribution < 1.29 is 15.0 Å². The molecule has 0 bridgehead atoms. The number of carbonyl (C=O) groups is 1. The van der Waals surface area contributed by atoms with Crippen LogP contribution in [0.4, 0.5) is 0 Å². The minimum absolute atomic E-state index is 0.0333. The van der Waals surface area contributed by atoms with Crippen molar-refractivity contribution in [3.8, 4) is 11.8 Å². The Kier molecular flexibility index (Phi) is 3.71. The van der Waals surface area contributed by atoms with Crippen LogP contribution in [-0.4, -0.2) is 16.2 Å². The van der Waals surface area contributed by atoms with Crippen molar-refractivity contribution >= 4 is 5.97 Å². The van der Waals surface area contributed by atoms with Crippen LogP contribution in [0.15, 0.2) is 24.3 Å². The highest BCUT2D eigenvalue weighted by Crippen LogP contribution is 2.03. The molecule has 0 amide bonds. The lowest BCUT2D eigenvalue weighted by atomic mass is 10.1. The highest BCUT2D eigenvalue weighted by atomic mass is 16.4. The van der Waals surface area contributed by atoms with Crippen molar-refractivity contribution in [2.75, 3.05) is 0 Å². The Morgan fingerprint density at radius 2 is 2.21 bits per heavy atom. The number of carboxylic acid groups (broad SMARTS) is 1. The largest absolute Gasteiger partial charge is 0.481 e. The van der Waals surface area contributed by atoms with Gasteiger partial charge in [0.1, 0.15) is 6.42 Å². The molecule has 0 aromatic heterocycles. The van der Waals surface area contributed by atoms with E-state index in [-0.39, 0.29) is 13.0 Å². The summed E-state index contributed by atoms with van der Waals surface area (Å²) in [6.45, 7) is -0.0333. The minimum atomic E-state index is -0.934. The van der Waals surface area contributed by atoms with Crippen LogP contribution in [0.2, 0.25) is 0 Å². The lowest BCUT2D eigenvalue weighted by Gasteiger charge is -1.95. The molecule has 0 heterocycles. The average Bonchev–Trinajstić information content (AvgIpc) is 2.18. The molecule has 0 aliphatic heterocycles. The third kappa shape index (κ3) is 3.30. The van der Waals surface area contributed by atoms with Crippen molar-refractivity contribution in [1.82, 2.24) is 0 Å². The Labute approximate surface area is 82.0 Å². The fourth-order valence-electron chi connectivity index (χ4n) is 0.969. The lowest BCUT2D eigenvalue weighted by Crippen LogP contribution is -1.90. The second-order valence-electron chi connectivity index (χ2n) is 2.73. The van der Waals surface area contributed by atoms with Crippen molar-refractivity contribution in [2.45, 2.75) is 13.0 Å². The van der Waals surface area contributed by atoms with Gasteiger partial charge >= 0.3 is 5.97 Å². The Hall–Kier alpha value is -1.79. The Bertz CT molecular complexity index is 385. The van der Waals surface area contributed by atoms with Crippen LogP contribution >= 0.6 is 0 Å². The third-order valence-corrected chi connectivity index (χ3v) is 1.58. The number of benzene rings is 1. The molecule has 1 rings (SSSR count). The zero-order valence-electron chi connectivity index (χ0n) is 7.53. The molecule has 0 atom stereocenters. The second kappa shape index (κ2) is 5.05. The number of hydrogen-bond donors (Lipinski definition) is 2. The molecule has 0 radical (unpaired) electrons. The second-order valence-corrected chi connectivity index (χ2v) is 2.73. The number of hydrogen-bond acceptors (Lipinski definition) is 2. The van der Waals surface area contributed by atoms with Crippen LogP contribution in [0.1, 0.15) is 17.5 Å². The van der Waals surface area contributed by atoms with Crippen molar-refractivity contribution in [1.29, 1.82) is 0 Å². The first-order valence-electron chi connectivity index (χ1n) is 4.13. The molecule has 0 aliphatic rings. The van der Waals surface area contributed by atoms with Crippen molar-refractivity contribution in [2.24, 2.45) is 0 Å². The van der Waals surface area contributed by atoms with E-state index in [0.29, 0.717) is 0 Å². The molecule has 72 valence electrons. The molecule has 3 heteroatoms. The summed E-state index contributed by atoms with van der Waals surface area (Å²) < 4.78 is 0. The summed E-state index contributed by atoms with van der Waals surface area (Å²) in [7, 11) is 0. The number of rotatable bonds is 2. The highest BCUT2D eigenvalue weighted by Gasteiger charge is 1.92. The van der Waals surface area contributed by atoms with Gasteiger partial charge in [0.05, 0.1) is 6.61 Å². The van der Waals surface area contributed by atoms with E-state index in [1.54, 1.807) is 24.3 Å². The topological polar surface area (TPSA) is 57.5 Å². The van der Waals surface area contributed by atoms with Crippen LogP contribution in [0.3, 0.4) is 0 Å². The van der Waals surface area contributed by atoms with Gasteiger partial charge in [-0.05, 0) is 17.7 Å². The fourth-order valence-corrected chi connectivity index (χ4v) is 0.969. The van der Waals surface area contributed by atoms with E-state index < -0.39 is 5.97 Å². The Balaban J connectivity index is 2.74. The van der Waals surface area contributed by atoms with Gasteiger partial charge in [0.2, 0.25) is 0 Å². The first-order chi connectivity index (χ1) is 6.72. The lowest BCUT2D eigenvalue weighted by molar-refractivity contribution is -0.135. The first kappa shape index (κ1) is 10.3. The van der Waals surface area contributed by atoms with Crippen LogP contribution in [-0.2, 0) is 11.4 Å². The van der Waals surface area contributed by atoms with E-state index >= 15 is 0 Å². The van der Waals surface area contributed by atoms with Crippen LogP contribution in [0.25, 0.3) is 0 Å². The van der Waals surface area contributed by atoms with E-state index in [2.05, 4.69) is 11.8 Å². The summed E-state index contributed by atoms with van der Waals surface area (Å²) in [5, 5.41) is 17.2. The molecule has 0 spiro atoms. The highest BCUT2D eigenvalue weighted by molar-refractivity contribution is 5.70. The monoisotopic (exact) mass is 190 g/mol. The van der Waals surface area contributed by atoms with E-state index in [1.807, 2.05) is 0 Å². The Morgan fingerprint density at radius 3 is 2.86 bits per heavy atom. The SMILES string of the molecule is O=C(O)CC#Cc1cccc(CO)c1. The van der Waals surface area contributed by atoms with E-state index in [0.717, 1.165) is 11.1 Å². The van der Waals surface area contributed by atoms with Crippen LogP contribution in [0.5, 0.6) is 0 Å². The number of aliphatic hydroxyl groups is 1. The van der Waals surface area contributed by atoms with Gasteiger partial charge in [-0.15, -0.1) is 0 Å². The molecule has 14 heavy (non-hydrogen) atoms. The number of carboxylic acids is 1. The maximum absolute atomic E-state index is 10.2. The van der Waals surface area contributed by atoms with Gasteiger partial charge in [-0.25, -0.2) is 0 Å². The average molecular weight is 190 g/mol. The van der Waals surface area contributed by atoms with Gasteiger partial charge in [-0.2, -0.15) is 0 Å². The predicted molar refractivity (Wildman–Crippen MR) is 51.5 cm³/mol. The van der Waals surface area contributed by atoms with E-state index in [1.165, 1.54) is 0 Å². The van der Waals surface area contributed by atoms with Crippen molar-refractivity contribution in [3.05, 3.63) is 35.4 Å². The molecule has 0 saturated carbocycles. The molecule has 2 N–H and O–H groups in total. The molecule has 3 nitrogen and oxygen atoms in total. The van der Waals surface area contributed by atoms with Gasteiger partial charge in [-0.3, -0.25) is 4.79 Å². The smallest absolute Gasteiger partial charge is 0.315 e. The molecular weight excluding hydrogens is 180 g/mol. The fraction of sp³-hybridized carbons (Fsp3) is 0.182. The summed E-state index contributed by atoms with van der Waals surface area (Å²) in [6, 6.07) is 7.06. The van der Waals surface area contributed by atoms with Gasteiger partial charge < -0.3 is 10.2 Å². The molecule has 0 saturated heterocycles. The standard InChI is InChI=1S/C11H10O3/c12-8-10-5-1-3-9(7-10)4-2-6-11(13)14/h1,3,5,7,12H,6,8H2,(H,13,14). The molecule has 1 aromatic carbocycles. The molecule has 1 aromatic rings. The summed E-state index contributed by atoms with van der Waals surface area (Å²) in [4.78, 5) is 10.2. The first-order valence-corrected chi connectivity index (χ1v) is 4.13. The zero-order chi connectivity index (χ0) is 10.4. The van der Waals surface area contributed by atoms with Crippen LogP contribution in [0, 0.1) is 11.8 Å². The molecule has 0 unspecified atom stereocenters. The summed E-state index contributed by atoms with van der Waals surface area (Å²) in [5.41, 5.74) is 1.49. The molecule has 0 fully saturated rings. The van der Waals surface area contributed by atoms with Gasteiger partial charge in [-0.1, -0.05) is 24.0 Å². The third-order valence-electron chi connectivity index (χ3n) is 1.58. The van der Waals surface area contributed by atoms with E-state index in [4.69, 9.17) is 10.2 Å². The van der Waals surface area contributed by atoms with Gasteiger partial charge in [0.25, 0.3) is 0 Å².